The van der Waals surface area contributed by atoms with Crippen LogP contribution in [0.15, 0.2) is 72.4 Å². The van der Waals surface area contributed by atoms with Crippen molar-refractivity contribution in [3.05, 3.63) is 89.1 Å². The van der Waals surface area contributed by atoms with Gasteiger partial charge in [-0.25, -0.2) is 0 Å². The minimum Gasteiger partial charge on any atom is -0.493 e. The van der Waals surface area contributed by atoms with Gasteiger partial charge in [0, 0.05) is 17.8 Å². The Balaban J connectivity index is 1.95. The van der Waals surface area contributed by atoms with E-state index >= 15 is 0 Å². The van der Waals surface area contributed by atoms with Crippen LogP contribution in [-0.4, -0.2) is 33.1 Å². The van der Waals surface area contributed by atoms with Crippen molar-refractivity contribution >= 4 is 23.6 Å². The number of nitrogen functional groups attached to an aromatic ring is 1. The van der Waals surface area contributed by atoms with Crippen LogP contribution in [0.1, 0.15) is 21.5 Å². The number of nitrogens with two attached hydrogens (primary N) is 1. The van der Waals surface area contributed by atoms with E-state index in [1.54, 1.807) is 48.5 Å². The van der Waals surface area contributed by atoms with Crippen molar-refractivity contribution in [2.45, 2.75) is 6.54 Å². The standard InChI is InChI=1S/C26H27N3O5/c1-32-22-14-17(15-23(33-2)24(22)34-3)13-21(29-25(30)18-9-5-4-6-10-18)26(31)28-16-19-11-7-8-12-20(19)27/h4-15H,16,27H2,1-3H3,(H,28,31)(H,29,30)/b21-13-. The lowest BCUT2D eigenvalue weighted by atomic mass is 10.1. The Morgan fingerprint density at radius 2 is 1.50 bits per heavy atom. The molecule has 3 aromatic rings. The van der Waals surface area contributed by atoms with Crippen LogP contribution in [0.25, 0.3) is 6.08 Å². The number of amides is 2. The molecule has 4 N–H and O–H groups in total. The highest BCUT2D eigenvalue weighted by molar-refractivity contribution is 6.05. The molecule has 3 aromatic carbocycles. The smallest absolute Gasteiger partial charge is 0.268 e. The average Bonchev–Trinajstić information content (AvgIpc) is 2.87. The molecule has 8 heteroatoms. The number of anilines is 1. The lowest BCUT2D eigenvalue weighted by molar-refractivity contribution is -0.117. The van der Waals surface area contributed by atoms with Crippen molar-refractivity contribution in [2.24, 2.45) is 0 Å². The van der Waals surface area contributed by atoms with E-state index in [1.807, 2.05) is 18.2 Å². The van der Waals surface area contributed by atoms with Crippen LogP contribution < -0.4 is 30.6 Å². The number of para-hydroxylation sites is 1. The molecular weight excluding hydrogens is 434 g/mol. The summed E-state index contributed by atoms with van der Waals surface area (Å²) < 4.78 is 16.1. The molecule has 8 nitrogen and oxygen atoms in total. The fourth-order valence-corrected chi connectivity index (χ4v) is 3.26. The largest absolute Gasteiger partial charge is 0.493 e. The number of hydrogen-bond donors (Lipinski definition) is 3. The molecule has 34 heavy (non-hydrogen) atoms. The van der Waals surface area contributed by atoms with Crippen LogP contribution in [0.3, 0.4) is 0 Å². The van der Waals surface area contributed by atoms with E-state index in [4.69, 9.17) is 19.9 Å². The zero-order valence-corrected chi connectivity index (χ0v) is 19.3. The van der Waals surface area contributed by atoms with E-state index in [0.29, 0.717) is 34.1 Å². The Labute approximate surface area is 198 Å². The summed E-state index contributed by atoms with van der Waals surface area (Å²) in [4.78, 5) is 25.9. The first-order valence-electron chi connectivity index (χ1n) is 10.5. The molecule has 0 spiro atoms. The second kappa shape index (κ2) is 11.4. The fourth-order valence-electron chi connectivity index (χ4n) is 3.26. The molecule has 0 fully saturated rings. The van der Waals surface area contributed by atoms with E-state index in [0.717, 1.165) is 5.56 Å². The number of carbonyl (C=O) groups is 2. The SMILES string of the molecule is COc1cc(/C=C(\NC(=O)c2ccccc2)C(=O)NCc2ccccc2N)cc(OC)c1OC. The highest BCUT2D eigenvalue weighted by atomic mass is 16.5. The van der Waals surface area contributed by atoms with E-state index in [9.17, 15) is 9.59 Å². The highest BCUT2D eigenvalue weighted by Crippen LogP contribution is 2.38. The Morgan fingerprint density at radius 1 is 0.882 bits per heavy atom. The highest BCUT2D eigenvalue weighted by Gasteiger charge is 2.17. The molecule has 0 bridgehead atoms. The zero-order chi connectivity index (χ0) is 24.5. The van der Waals surface area contributed by atoms with Gasteiger partial charge in [0.2, 0.25) is 5.75 Å². The van der Waals surface area contributed by atoms with Gasteiger partial charge < -0.3 is 30.6 Å². The molecule has 0 radical (unpaired) electrons. The predicted octanol–water partition coefficient (Wildman–Crippen LogP) is 3.38. The van der Waals surface area contributed by atoms with E-state index < -0.39 is 11.8 Å². The van der Waals surface area contributed by atoms with E-state index in [-0.39, 0.29) is 12.2 Å². The minimum atomic E-state index is -0.485. The summed E-state index contributed by atoms with van der Waals surface area (Å²) >= 11 is 0. The van der Waals surface area contributed by atoms with Crippen molar-refractivity contribution in [2.75, 3.05) is 27.1 Å². The third-order valence-corrected chi connectivity index (χ3v) is 5.02. The van der Waals surface area contributed by atoms with Gasteiger partial charge in [0.25, 0.3) is 11.8 Å². The first-order chi connectivity index (χ1) is 16.5. The Bertz CT molecular complexity index is 1170. The molecule has 176 valence electrons. The zero-order valence-electron chi connectivity index (χ0n) is 19.3. The second-order valence-electron chi connectivity index (χ2n) is 7.22. The van der Waals surface area contributed by atoms with Crippen molar-refractivity contribution in [3.8, 4) is 17.2 Å². The Kier molecular flexibility index (Phi) is 8.12. The first kappa shape index (κ1) is 24.2. The summed E-state index contributed by atoms with van der Waals surface area (Å²) in [5.41, 5.74) is 8.32. The molecule has 0 heterocycles. The lowest BCUT2D eigenvalue weighted by Crippen LogP contribution is -2.34. The molecule has 0 unspecified atom stereocenters. The van der Waals surface area contributed by atoms with Gasteiger partial charge in [0.05, 0.1) is 21.3 Å². The van der Waals surface area contributed by atoms with Crippen molar-refractivity contribution in [3.63, 3.8) is 0 Å². The number of nitrogens with one attached hydrogen (secondary N) is 2. The van der Waals surface area contributed by atoms with E-state index in [1.165, 1.54) is 27.4 Å². The van der Waals surface area contributed by atoms with Crippen molar-refractivity contribution in [1.29, 1.82) is 0 Å². The molecule has 0 aliphatic heterocycles. The van der Waals surface area contributed by atoms with Crippen molar-refractivity contribution < 1.29 is 23.8 Å². The minimum absolute atomic E-state index is 0.0395. The summed E-state index contributed by atoms with van der Waals surface area (Å²) in [6.45, 7) is 0.194. The van der Waals surface area contributed by atoms with Gasteiger partial charge in [0.15, 0.2) is 11.5 Å². The molecule has 0 aliphatic carbocycles. The third kappa shape index (κ3) is 5.86. The van der Waals surface area contributed by atoms with E-state index in [2.05, 4.69) is 10.6 Å². The van der Waals surface area contributed by atoms with Crippen molar-refractivity contribution in [1.82, 2.24) is 10.6 Å². The Hall–Kier alpha value is -4.46. The van der Waals surface area contributed by atoms with Crippen LogP contribution >= 0.6 is 0 Å². The van der Waals surface area contributed by atoms with Crippen LogP contribution in [-0.2, 0) is 11.3 Å². The molecule has 0 aromatic heterocycles. The van der Waals surface area contributed by atoms with Gasteiger partial charge in [-0.2, -0.15) is 0 Å². The maximum Gasteiger partial charge on any atom is 0.268 e. The summed E-state index contributed by atoms with van der Waals surface area (Å²) in [6.07, 6.45) is 1.54. The number of hydrogen-bond acceptors (Lipinski definition) is 6. The van der Waals surface area contributed by atoms with Crippen LogP contribution in [0.5, 0.6) is 17.2 Å². The average molecular weight is 462 g/mol. The fraction of sp³-hybridized carbons (Fsp3) is 0.154. The number of ether oxygens (including phenoxy) is 3. The summed E-state index contributed by atoms with van der Waals surface area (Å²) in [6, 6.07) is 19.2. The second-order valence-corrected chi connectivity index (χ2v) is 7.22. The quantitative estimate of drug-likeness (QED) is 0.333. The topological polar surface area (TPSA) is 112 Å². The predicted molar refractivity (Wildman–Crippen MR) is 131 cm³/mol. The van der Waals surface area contributed by atoms with Gasteiger partial charge in [0.1, 0.15) is 5.70 Å². The third-order valence-electron chi connectivity index (χ3n) is 5.02. The van der Waals surface area contributed by atoms with Gasteiger partial charge in [-0.05, 0) is 47.5 Å². The normalized spacial score (nSPS) is 10.9. The lowest BCUT2D eigenvalue weighted by Gasteiger charge is -2.15. The number of carbonyl (C=O) groups excluding carboxylic acids is 2. The first-order valence-corrected chi connectivity index (χ1v) is 10.5. The van der Waals surface area contributed by atoms with Gasteiger partial charge in [-0.1, -0.05) is 36.4 Å². The summed E-state index contributed by atoms with van der Waals surface area (Å²) in [5.74, 6) is 0.342. The Morgan fingerprint density at radius 3 is 2.09 bits per heavy atom. The number of methoxy groups -OCH3 is 3. The maximum absolute atomic E-state index is 13.1. The molecular formula is C26H27N3O5. The molecule has 2 amide bonds. The number of benzene rings is 3. The van der Waals surface area contributed by atoms with Gasteiger partial charge in [-0.3, -0.25) is 9.59 Å². The van der Waals surface area contributed by atoms with Crippen LogP contribution in [0, 0.1) is 0 Å². The monoisotopic (exact) mass is 461 g/mol. The number of rotatable bonds is 9. The maximum atomic E-state index is 13.1. The molecule has 0 atom stereocenters. The molecule has 0 saturated carbocycles. The van der Waals surface area contributed by atoms with Crippen LogP contribution in [0.4, 0.5) is 5.69 Å². The van der Waals surface area contributed by atoms with Gasteiger partial charge in [-0.15, -0.1) is 0 Å². The molecule has 0 aliphatic rings. The summed E-state index contributed by atoms with van der Waals surface area (Å²) in [7, 11) is 4.50. The van der Waals surface area contributed by atoms with Crippen LogP contribution in [0.2, 0.25) is 0 Å². The molecule has 3 rings (SSSR count). The van der Waals surface area contributed by atoms with Gasteiger partial charge >= 0.3 is 0 Å². The molecule has 0 saturated heterocycles. The summed E-state index contributed by atoms with van der Waals surface area (Å²) in [5, 5.41) is 5.51.